The van der Waals surface area contributed by atoms with Crippen LogP contribution in [-0.4, -0.2) is 35.7 Å². The third-order valence-corrected chi connectivity index (χ3v) is 6.59. The van der Waals surface area contributed by atoms with Crippen LogP contribution in [0.4, 0.5) is 13.2 Å². The van der Waals surface area contributed by atoms with Crippen molar-refractivity contribution < 1.29 is 17.9 Å². The van der Waals surface area contributed by atoms with Crippen molar-refractivity contribution in [2.75, 3.05) is 19.7 Å². The average molecular weight is 445 g/mol. The van der Waals surface area contributed by atoms with E-state index in [0.717, 1.165) is 36.5 Å². The molecule has 1 saturated heterocycles. The molecule has 3 nitrogen and oxygen atoms in total. The minimum atomic E-state index is -4.45. The number of nitrogens with zero attached hydrogens (tertiary/aromatic N) is 2. The van der Waals surface area contributed by atoms with Gasteiger partial charge in [0.05, 0.1) is 23.5 Å². The summed E-state index contributed by atoms with van der Waals surface area (Å²) in [6, 6.07) is 22.1. The molecule has 1 aliphatic rings. The standard InChI is InChI=1S/C24H23F3N2OS/c25-24(26,27)20-12-7-13-28-23(20)31-22(19-10-5-2-6-11-19)21-17-29(14-15-30-21)16-18-8-3-1-4-9-18/h1-13,21-22H,14-17H2/t21-,22-/m0/s1. The fourth-order valence-corrected chi connectivity index (χ4v) is 5.00. The predicted molar refractivity (Wildman–Crippen MR) is 116 cm³/mol. The number of alkyl halides is 3. The van der Waals surface area contributed by atoms with Gasteiger partial charge in [-0.1, -0.05) is 72.4 Å². The molecular formula is C24H23F3N2OS. The first-order chi connectivity index (χ1) is 15.0. The van der Waals surface area contributed by atoms with Gasteiger partial charge in [-0.25, -0.2) is 4.98 Å². The second-order valence-corrected chi connectivity index (χ2v) is 8.56. The molecule has 0 amide bonds. The van der Waals surface area contributed by atoms with Gasteiger partial charge in [0.25, 0.3) is 0 Å². The first-order valence-electron chi connectivity index (χ1n) is 10.1. The van der Waals surface area contributed by atoms with Crippen LogP contribution < -0.4 is 0 Å². The average Bonchev–Trinajstić information content (AvgIpc) is 2.78. The number of benzene rings is 2. The summed E-state index contributed by atoms with van der Waals surface area (Å²) in [4.78, 5) is 6.36. The number of aromatic nitrogens is 1. The van der Waals surface area contributed by atoms with Gasteiger partial charge in [0.2, 0.25) is 0 Å². The molecule has 4 rings (SSSR count). The lowest BCUT2D eigenvalue weighted by molar-refractivity contribution is -0.140. The third-order valence-electron chi connectivity index (χ3n) is 5.21. The topological polar surface area (TPSA) is 25.4 Å². The van der Waals surface area contributed by atoms with Crippen molar-refractivity contribution in [1.29, 1.82) is 0 Å². The Bertz CT molecular complexity index is 969. The van der Waals surface area contributed by atoms with Crippen LogP contribution in [0.1, 0.15) is 21.9 Å². The van der Waals surface area contributed by atoms with E-state index in [4.69, 9.17) is 4.74 Å². The lowest BCUT2D eigenvalue weighted by Crippen LogP contribution is -2.44. The van der Waals surface area contributed by atoms with Gasteiger partial charge >= 0.3 is 6.18 Å². The monoisotopic (exact) mass is 444 g/mol. The summed E-state index contributed by atoms with van der Waals surface area (Å²) in [6.07, 6.45) is -3.30. The quantitative estimate of drug-likeness (QED) is 0.447. The molecule has 0 saturated carbocycles. The van der Waals surface area contributed by atoms with E-state index in [1.165, 1.54) is 17.8 Å². The summed E-state index contributed by atoms with van der Waals surface area (Å²) in [5, 5.41) is -0.330. The van der Waals surface area contributed by atoms with Gasteiger partial charge in [-0.05, 0) is 23.3 Å². The first kappa shape index (κ1) is 21.9. The number of hydrogen-bond donors (Lipinski definition) is 0. The number of halogens is 3. The smallest absolute Gasteiger partial charge is 0.374 e. The van der Waals surface area contributed by atoms with Crippen molar-refractivity contribution in [3.63, 3.8) is 0 Å². The molecule has 0 spiro atoms. The lowest BCUT2D eigenvalue weighted by Gasteiger charge is -2.37. The Morgan fingerprint density at radius 1 is 1.00 bits per heavy atom. The highest BCUT2D eigenvalue weighted by Crippen LogP contribution is 2.44. The van der Waals surface area contributed by atoms with E-state index in [2.05, 4.69) is 22.0 Å². The van der Waals surface area contributed by atoms with Crippen LogP contribution in [0.15, 0.2) is 84.0 Å². The summed E-state index contributed by atoms with van der Waals surface area (Å²) in [5.41, 5.74) is 1.42. The number of thioether (sulfide) groups is 1. The zero-order chi connectivity index (χ0) is 21.7. The first-order valence-corrected chi connectivity index (χ1v) is 11.0. The molecule has 162 valence electrons. The van der Waals surface area contributed by atoms with Crippen LogP contribution in [0.5, 0.6) is 0 Å². The summed E-state index contributed by atoms with van der Waals surface area (Å²) >= 11 is 1.13. The molecule has 2 aromatic carbocycles. The Labute approximate surface area is 184 Å². The largest absolute Gasteiger partial charge is 0.419 e. The normalized spacial score (nSPS) is 18.6. The predicted octanol–water partition coefficient (Wildman–Crippen LogP) is 5.83. The van der Waals surface area contributed by atoms with Crippen molar-refractivity contribution in [2.45, 2.75) is 29.1 Å². The fourth-order valence-electron chi connectivity index (χ4n) is 3.72. The fraction of sp³-hybridized carbons (Fsp3) is 0.292. The minimum absolute atomic E-state index is 0.0207. The van der Waals surface area contributed by atoms with Crippen LogP contribution >= 0.6 is 11.8 Å². The number of hydrogen-bond acceptors (Lipinski definition) is 4. The zero-order valence-corrected chi connectivity index (χ0v) is 17.6. The van der Waals surface area contributed by atoms with Crippen LogP contribution in [0.25, 0.3) is 0 Å². The van der Waals surface area contributed by atoms with E-state index in [9.17, 15) is 13.2 Å². The third kappa shape index (κ3) is 5.67. The van der Waals surface area contributed by atoms with E-state index in [0.29, 0.717) is 13.2 Å². The minimum Gasteiger partial charge on any atom is -0.374 e. The molecule has 1 fully saturated rings. The van der Waals surface area contributed by atoms with Gasteiger partial charge in [-0.2, -0.15) is 13.2 Å². The SMILES string of the molecule is FC(F)(F)c1cccnc1S[C@@H](c1ccccc1)[C@@H]1CN(Cc2ccccc2)CCO1. The molecule has 31 heavy (non-hydrogen) atoms. The summed E-state index contributed by atoms with van der Waals surface area (Å²) in [6.45, 7) is 2.74. The van der Waals surface area contributed by atoms with Gasteiger partial charge in [-0.15, -0.1) is 0 Å². The highest BCUT2D eigenvalue weighted by Gasteiger charge is 2.37. The summed E-state index contributed by atoms with van der Waals surface area (Å²) in [5.74, 6) is 0. The van der Waals surface area contributed by atoms with Gasteiger partial charge in [0.15, 0.2) is 0 Å². The number of morpholine rings is 1. The van der Waals surface area contributed by atoms with Crippen LogP contribution in [0.3, 0.4) is 0 Å². The van der Waals surface area contributed by atoms with E-state index >= 15 is 0 Å². The summed E-state index contributed by atoms with van der Waals surface area (Å²) in [7, 11) is 0. The molecule has 0 aliphatic carbocycles. The highest BCUT2D eigenvalue weighted by atomic mass is 32.2. The molecule has 1 aliphatic heterocycles. The molecule has 7 heteroatoms. The zero-order valence-electron chi connectivity index (χ0n) is 16.8. The molecular weight excluding hydrogens is 421 g/mol. The van der Waals surface area contributed by atoms with Gasteiger partial charge in [0.1, 0.15) is 5.03 Å². The van der Waals surface area contributed by atoms with Gasteiger partial charge in [0, 0.05) is 25.8 Å². The maximum absolute atomic E-state index is 13.6. The number of ether oxygens (including phenoxy) is 1. The van der Waals surface area contributed by atoms with Gasteiger partial charge < -0.3 is 4.74 Å². The second-order valence-electron chi connectivity index (χ2n) is 7.43. The van der Waals surface area contributed by atoms with Crippen molar-refractivity contribution in [1.82, 2.24) is 9.88 Å². The Morgan fingerprint density at radius 3 is 2.42 bits per heavy atom. The van der Waals surface area contributed by atoms with Crippen LogP contribution in [0.2, 0.25) is 0 Å². The Balaban J connectivity index is 1.59. The molecule has 1 aromatic heterocycles. The van der Waals surface area contributed by atoms with Crippen molar-refractivity contribution in [3.8, 4) is 0 Å². The molecule has 0 bridgehead atoms. The molecule has 3 aromatic rings. The van der Waals surface area contributed by atoms with E-state index in [1.54, 1.807) is 0 Å². The van der Waals surface area contributed by atoms with Crippen molar-refractivity contribution in [2.24, 2.45) is 0 Å². The number of pyridine rings is 1. The van der Waals surface area contributed by atoms with Crippen molar-refractivity contribution in [3.05, 3.63) is 95.7 Å². The maximum atomic E-state index is 13.6. The van der Waals surface area contributed by atoms with Crippen molar-refractivity contribution >= 4 is 11.8 Å². The van der Waals surface area contributed by atoms with E-state index in [-0.39, 0.29) is 16.4 Å². The Kier molecular flexibility index (Phi) is 6.95. The van der Waals surface area contributed by atoms with Crippen LogP contribution in [-0.2, 0) is 17.5 Å². The lowest BCUT2D eigenvalue weighted by atomic mass is 10.1. The molecule has 0 radical (unpaired) electrons. The molecule has 0 unspecified atom stereocenters. The molecule has 2 heterocycles. The molecule has 0 N–H and O–H groups in total. The van der Waals surface area contributed by atoms with Crippen LogP contribution in [0, 0.1) is 0 Å². The Morgan fingerprint density at radius 2 is 1.71 bits per heavy atom. The summed E-state index contributed by atoms with van der Waals surface area (Å²) < 4.78 is 46.8. The molecule has 2 atom stereocenters. The Hall–Kier alpha value is -2.35. The number of rotatable bonds is 6. The maximum Gasteiger partial charge on any atom is 0.419 e. The highest BCUT2D eigenvalue weighted by molar-refractivity contribution is 7.99. The van der Waals surface area contributed by atoms with Gasteiger partial charge in [-0.3, -0.25) is 4.90 Å². The van der Waals surface area contributed by atoms with E-state index in [1.807, 2.05) is 48.5 Å². The second kappa shape index (κ2) is 9.85. The van der Waals surface area contributed by atoms with E-state index < -0.39 is 11.7 Å².